The molecule has 1 aliphatic carbocycles. The van der Waals surface area contributed by atoms with Gasteiger partial charge < -0.3 is 0 Å². The van der Waals surface area contributed by atoms with E-state index in [2.05, 4.69) is 47.0 Å². The highest BCUT2D eigenvalue weighted by atomic mass is 79.9. The van der Waals surface area contributed by atoms with Crippen molar-refractivity contribution in [2.75, 3.05) is 0 Å². The number of benzene rings is 2. The molecule has 4 rings (SSSR count). The van der Waals surface area contributed by atoms with Crippen molar-refractivity contribution in [3.8, 4) is 11.3 Å². The Labute approximate surface area is 155 Å². The molecule has 0 amide bonds. The third-order valence-corrected chi connectivity index (χ3v) is 4.65. The maximum atomic E-state index is 13.2. The first-order chi connectivity index (χ1) is 12.2. The monoisotopic (exact) mass is 393 g/mol. The number of aromatic nitrogens is 2. The standard InChI is InChI=1S/C21H15BrFN2/c22-18-9-7-17(8-10-18)21-13-20(16-3-1-2-4-16)24-25(21)14-15-5-11-19(23)12-6-15/h1-13H,14H2. The third kappa shape index (κ3) is 3.69. The van der Waals surface area contributed by atoms with Crippen molar-refractivity contribution in [1.29, 1.82) is 0 Å². The van der Waals surface area contributed by atoms with Crippen LogP contribution in [0.5, 0.6) is 0 Å². The average molecular weight is 394 g/mol. The van der Waals surface area contributed by atoms with Crippen LogP contribution in [0, 0.1) is 37.4 Å². The van der Waals surface area contributed by atoms with E-state index >= 15 is 0 Å². The summed E-state index contributed by atoms with van der Waals surface area (Å²) in [7, 11) is 0. The van der Waals surface area contributed by atoms with Gasteiger partial charge in [-0.15, -0.1) is 0 Å². The van der Waals surface area contributed by atoms with E-state index in [1.54, 1.807) is 12.1 Å². The minimum absolute atomic E-state index is 0.227. The fraction of sp³-hybridized carbons (Fsp3) is 0.0476. The molecule has 1 aliphatic rings. The second kappa shape index (κ2) is 7.12. The fourth-order valence-corrected chi connectivity index (χ4v) is 3.10. The Morgan fingerprint density at radius 3 is 2.28 bits per heavy atom. The summed E-state index contributed by atoms with van der Waals surface area (Å²) in [4.78, 5) is 0. The second-order valence-electron chi connectivity index (χ2n) is 5.88. The summed E-state index contributed by atoms with van der Waals surface area (Å²) in [6.45, 7) is 0.590. The van der Waals surface area contributed by atoms with Gasteiger partial charge in [-0.1, -0.05) is 40.2 Å². The molecule has 4 heteroatoms. The Morgan fingerprint density at radius 1 is 0.920 bits per heavy atom. The van der Waals surface area contributed by atoms with Crippen LogP contribution in [-0.4, -0.2) is 9.78 Å². The highest BCUT2D eigenvalue weighted by Gasteiger charge is 2.23. The summed E-state index contributed by atoms with van der Waals surface area (Å²) in [5, 5.41) is 4.78. The SMILES string of the molecule is Fc1ccc(Cn2nc([C]3[CH][CH][CH][CH]3)cc2-c2ccc(Br)cc2)cc1. The Balaban J connectivity index is 1.71. The molecule has 1 aromatic heterocycles. The van der Waals surface area contributed by atoms with Crippen molar-refractivity contribution >= 4 is 15.9 Å². The van der Waals surface area contributed by atoms with Crippen LogP contribution < -0.4 is 0 Å². The number of nitrogens with zero attached hydrogens (tertiary/aromatic N) is 2. The fourth-order valence-electron chi connectivity index (χ4n) is 2.84. The number of rotatable bonds is 4. The summed E-state index contributed by atoms with van der Waals surface area (Å²) in [6, 6.07) is 16.8. The molecule has 123 valence electrons. The van der Waals surface area contributed by atoms with Crippen molar-refractivity contribution in [2.45, 2.75) is 6.54 Å². The van der Waals surface area contributed by atoms with Gasteiger partial charge in [-0.2, -0.15) is 5.10 Å². The zero-order chi connectivity index (χ0) is 17.2. The van der Waals surface area contributed by atoms with Gasteiger partial charge in [0.1, 0.15) is 5.82 Å². The maximum Gasteiger partial charge on any atom is 0.123 e. The molecular weight excluding hydrogens is 379 g/mol. The van der Waals surface area contributed by atoms with Gasteiger partial charge in [0.05, 0.1) is 17.9 Å². The summed E-state index contributed by atoms with van der Waals surface area (Å²) in [6.07, 6.45) is 8.12. The van der Waals surface area contributed by atoms with Crippen molar-refractivity contribution in [2.24, 2.45) is 0 Å². The van der Waals surface area contributed by atoms with E-state index in [0.717, 1.165) is 32.9 Å². The lowest BCUT2D eigenvalue weighted by Gasteiger charge is -2.08. The van der Waals surface area contributed by atoms with Crippen molar-refractivity contribution in [3.63, 3.8) is 0 Å². The maximum absolute atomic E-state index is 13.2. The van der Waals surface area contributed by atoms with Gasteiger partial charge in [-0.3, -0.25) is 4.68 Å². The molecule has 0 aliphatic heterocycles. The van der Waals surface area contributed by atoms with Crippen molar-refractivity contribution in [3.05, 3.63) is 108 Å². The molecule has 0 saturated heterocycles. The minimum atomic E-state index is -0.227. The van der Waals surface area contributed by atoms with Gasteiger partial charge in [0.15, 0.2) is 0 Å². The van der Waals surface area contributed by atoms with Crippen LogP contribution in [-0.2, 0) is 6.54 Å². The number of hydrogen-bond acceptors (Lipinski definition) is 1. The van der Waals surface area contributed by atoms with Gasteiger partial charge in [-0.05, 0) is 67.1 Å². The summed E-state index contributed by atoms with van der Waals surface area (Å²) < 4.78 is 16.2. The molecule has 1 fully saturated rings. The van der Waals surface area contributed by atoms with E-state index in [4.69, 9.17) is 5.10 Å². The lowest BCUT2D eigenvalue weighted by atomic mass is 10.0. The zero-order valence-corrected chi connectivity index (χ0v) is 14.9. The Kier molecular flexibility index (Phi) is 4.71. The van der Waals surface area contributed by atoms with E-state index in [1.165, 1.54) is 12.1 Å². The zero-order valence-electron chi connectivity index (χ0n) is 13.4. The van der Waals surface area contributed by atoms with Gasteiger partial charge in [0, 0.05) is 10.4 Å². The van der Waals surface area contributed by atoms with Crippen LogP contribution in [0.2, 0.25) is 0 Å². The Bertz CT molecular complexity index is 847. The molecule has 3 aromatic rings. The predicted octanol–water partition coefficient (Wildman–Crippen LogP) is 5.25. The molecule has 0 N–H and O–H groups in total. The van der Waals surface area contributed by atoms with Gasteiger partial charge in [0.2, 0.25) is 0 Å². The molecule has 0 atom stereocenters. The molecule has 0 spiro atoms. The lowest BCUT2D eigenvalue weighted by Crippen LogP contribution is -2.05. The van der Waals surface area contributed by atoms with E-state index in [0.29, 0.717) is 6.54 Å². The Morgan fingerprint density at radius 2 is 1.60 bits per heavy atom. The topological polar surface area (TPSA) is 17.8 Å². The van der Waals surface area contributed by atoms with Gasteiger partial charge in [0.25, 0.3) is 0 Å². The third-order valence-electron chi connectivity index (χ3n) is 4.12. The van der Waals surface area contributed by atoms with Gasteiger partial charge in [-0.25, -0.2) is 4.39 Å². The summed E-state index contributed by atoms with van der Waals surface area (Å²) in [5.41, 5.74) is 4.07. The van der Waals surface area contributed by atoms with Crippen LogP contribution >= 0.6 is 15.9 Å². The normalized spacial score (nSPS) is 15.0. The molecule has 25 heavy (non-hydrogen) atoms. The molecular formula is C21H15BrFN2. The first kappa shape index (κ1) is 16.5. The van der Waals surface area contributed by atoms with Crippen LogP contribution in [0.15, 0.2) is 59.1 Å². The van der Waals surface area contributed by atoms with E-state index < -0.39 is 0 Å². The first-order valence-electron chi connectivity index (χ1n) is 7.99. The lowest BCUT2D eigenvalue weighted by molar-refractivity contribution is 0.624. The van der Waals surface area contributed by atoms with Crippen LogP contribution in [0.4, 0.5) is 4.39 Å². The summed E-state index contributed by atoms with van der Waals surface area (Å²) in [5.74, 6) is 0.867. The molecule has 1 heterocycles. The molecule has 5 radical (unpaired) electrons. The van der Waals surface area contributed by atoms with E-state index in [-0.39, 0.29) is 5.82 Å². The Hall–Kier alpha value is -1.94. The molecule has 0 bridgehead atoms. The highest BCUT2D eigenvalue weighted by molar-refractivity contribution is 9.10. The van der Waals surface area contributed by atoms with E-state index in [9.17, 15) is 4.39 Å². The molecule has 2 aromatic carbocycles. The molecule has 2 nitrogen and oxygen atoms in total. The molecule has 1 saturated carbocycles. The number of halogens is 2. The quantitative estimate of drug-likeness (QED) is 0.591. The van der Waals surface area contributed by atoms with Crippen LogP contribution in [0.25, 0.3) is 11.3 Å². The average Bonchev–Trinajstić information content (AvgIpc) is 3.27. The smallest absolute Gasteiger partial charge is 0.123 e. The predicted molar refractivity (Wildman–Crippen MR) is 100 cm³/mol. The van der Waals surface area contributed by atoms with Crippen LogP contribution in [0.1, 0.15) is 11.3 Å². The second-order valence-corrected chi connectivity index (χ2v) is 6.80. The first-order valence-corrected chi connectivity index (χ1v) is 8.79. The van der Waals surface area contributed by atoms with E-state index in [1.807, 2.05) is 29.7 Å². The van der Waals surface area contributed by atoms with Crippen LogP contribution in [0.3, 0.4) is 0 Å². The minimum Gasteiger partial charge on any atom is -0.260 e. The van der Waals surface area contributed by atoms with Gasteiger partial charge >= 0.3 is 0 Å². The molecule has 0 unspecified atom stereocenters. The summed E-state index contributed by atoms with van der Waals surface area (Å²) >= 11 is 3.48. The number of hydrogen-bond donors (Lipinski definition) is 0. The van der Waals surface area contributed by atoms with Crippen molar-refractivity contribution in [1.82, 2.24) is 9.78 Å². The largest absolute Gasteiger partial charge is 0.260 e. The highest BCUT2D eigenvalue weighted by Crippen LogP contribution is 2.32. The van der Waals surface area contributed by atoms with Crippen molar-refractivity contribution < 1.29 is 4.39 Å².